The minimum Gasteiger partial charge on any atom is -0.480 e. The Hall–Kier alpha value is -2.28. The summed E-state index contributed by atoms with van der Waals surface area (Å²) >= 11 is 1.05. The van der Waals surface area contributed by atoms with Crippen molar-refractivity contribution in [3.05, 3.63) is 36.0 Å². The van der Waals surface area contributed by atoms with Crippen LogP contribution >= 0.6 is 11.8 Å². The zero-order valence-corrected chi connectivity index (χ0v) is 13.5. The van der Waals surface area contributed by atoms with Crippen LogP contribution < -0.4 is 5.32 Å². The van der Waals surface area contributed by atoms with E-state index in [9.17, 15) is 19.5 Å². The molecule has 2 rings (SSSR count). The maximum absolute atomic E-state index is 11.8. The average Bonchev–Trinajstić information content (AvgIpc) is 2.89. The van der Waals surface area contributed by atoms with Crippen LogP contribution in [0.15, 0.2) is 30.5 Å². The van der Waals surface area contributed by atoms with E-state index in [-0.39, 0.29) is 23.9 Å². The molecule has 23 heavy (non-hydrogen) atoms. The summed E-state index contributed by atoms with van der Waals surface area (Å²) in [5.41, 5.74) is 1.77. The van der Waals surface area contributed by atoms with Crippen molar-refractivity contribution < 1.29 is 19.5 Å². The third-order valence-electron chi connectivity index (χ3n) is 3.37. The second-order valence-corrected chi connectivity index (χ2v) is 6.38. The Morgan fingerprint density at radius 1 is 1.30 bits per heavy atom. The highest BCUT2D eigenvalue weighted by molar-refractivity contribution is 8.13. The number of aliphatic carboxylic acids is 1. The number of rotatable bonds is 7. The molecule has 0 saturated heterocycles. The fourth-order valence-corrected chi connectivity index (χ4v) is 2.85. The zero-order chi connectivity index (χ0) is 16.8. The van der Waals surface area contributed by atoms with E-state index in [4.69, 9.17) is 0 Å². The quantitative estimate of drug-likeness (QED) is 0.719. The molecule has 0 saturated carbocycles. The molecule has 1 aromatic heterocycles. The highest BCUT2D eigenvalue weighted by Crippen LogP contribution is 2.19. The lowest BCUT2D eigenvalue weighted by Crippen LogP contribution is -2.42. The van der Waals surface area contributed by atoms with Gasteiger partial charge in [0.25, 0.3) is 0 Å². The summed E-state index contributed by atoms with van der Waals surface area (Å²) in [7, 11) is 0. The van der Waals surface area contributed by atoms with Gasteiger partial charge in [-0.1, -0.05) is 30.0 Å². The number of thioether (sulfide) groups is 1. The van der Waals surface area contributed by atoms with Gasteiger partial charge in [-0.3, -0.25) is 9.59 Å². The monoisotopic (exact) mass is 334 g/mol. The maximum Gasteiger partial charge on any atom is 0.326 e. The van der Waals surface area contributed by atoms with Gasteiger partial charge in [-0.2, -0.15) is 0 Å². The molecule has 6 nitrogen and oxygen atoms in total. The fraction of sp³-hybridized carbons (Fsp3) is 0.312. The van der Waals surface area contributed by atoms with Gasteiger partial charge in [-0.05, 0) is 11.6 Å². The number of nitrogens with one attached hydrogen (secondary N) is 2. The Morgan fingerprint density at radius 2 is 2.04 bits per heavy atom. The van der Waals surface area contributed by atoms with Crippen LogP contribution in [0, 0.1) is 0 Å². The normalized spacial score (nSPS) is 12.0. The van der Waals surface area contributed by atoms with E-state index >= 15 is 0 Å². The number of aromatic nitrogens is 1. The number of H-pyrrole nitrogens is 1. The van der Waals surface area contributed by atoms with Crippen LogP contribution in [0.5, 0.6) is 0 Å². The highest BCUT2D eigenvalue weighted by atomic mass is 32.2. The van der Waals surface area contributed by atoms with Crippen molar-refractivity contribution >= 4 is 39.7 Å². The third-order valence-corrected chi connectivity index (χ3v) is 4.18. The molecule has 0 fully saturated rings. The SMILES string of the molecule is CC(=O)SCCC(=O)NC(Cc1c[nH]c2ccccc12)C(=O)O. The molecule has 0 radical (unpaired) electrons. The summed E-state index contributed by atoms with van der Waals surface area (Å²) in [6.07, 6.45) is 2.07. The van der Waals surface area contributed by atoms with Gasteiger partial charge in [-0.15, -0.1) is 0 Å². The van der Waals surface area contributed by atoms with E-state index in [0.29, 0.717) is 5.75 Å². The minimum atomic E-state index is -1.08. The van der Waals surface area contributed by atoms with Crippen molar-refractivity contribution in [2.75, 3.05) is 5.75 Å². The molecule has 2 aromatic rings. The Bertz CT molecular complexity index is 726. The van der Waals surface area contributed by atoms with Crippen molar-refractivity contribution in [3.63, 3.8) is 0 Å². The number of para-hydroxylation sites is 1. The highest BCUT2D eigenvalue weighted by Gasteiger charge is 2.21. The first kappa shape index (κ1) is 17.1. The van der Waals surface area contributed by atoms with Crippen LogP contribution in [-0.2, 0) is 20.8 Å². The van der Waals surface area contributed by atoms with Crippen LogP contribution in [0.3, 0.4) is 0 Å². The molecule has 0 aliphatic heterocycles. The Balaban J connectivity index is 2.00. The van der Waals surface area contributed by atoms with Gasteiger partial charge < -0.3 is 15.4 Å². The van der Waals surface area contributed by atoms with Crippen molar-refractivity contribution in [2.24, 2.45) is 0 Å². The van der Waals surface area contributed by atoms with Gasteiger partial charge in [0.05, 0.1) is 0 Å². The molecule has 3 N–H and O–H groups in total. The summed E-state index contributed by atoms with van der Waals surface area (Å²) < 4.78 is 0. The van der Waals surface area contributed by atoms with E-state index in [2.05, 4.69) is 10.3 Å². The number of benzene rings is 1. The average molecular weight is 334 g/mol. The standard InChI is InChI=1S/C16H18N2O4S/c1-10(19)23-7-6-15(20)18-14(16(21)22)8-11-9-17-13-5-3-2-4-12(11)13/h2-5,9,14,17H,6-8H2,1H3,(H,18,20)(H,21,22). The summed E-state index contributed by atoms with van der Waals surface area (Å²) in [6.45, 7) is 1.43. The molecule has 1 aromatic carbocycles. The predicted octanol–water partition coefficient (Wildman–Crippen LogP) is 1.95. The Kier molecular flexibility index (Phi) is 5.81. The minimum absolute atomic E-state index is 0.0635. The number of aromatic amines is 1. The zero-order valence-electron chi connectivity index (χ0n) is 12.7. The Labute approximate surface area is 137 Å². The third kappa shape index (κ3) is 4.85. The summed E-state index contributed by atoms with van der Waals surface area (Å²) in [4.78, 5) is 37.1. The Morgan fingerprint density at radius 3 is 2.74 bits per heavy atom. The second kappa shape index (κ2) is 7.82. The summed E-state index contributed by atoms with van der Waals surface area (Å²) in [5.74, 6) is -1.10. The largest absolute Gasteiger partial charge is 0.480 e. The number of fused-ring (bicyclic) bond motifs is 1. The van der Waals surface area contributed by atoms with E-state index in [1.807, 2.05) is 24.3 Å². The van der Waals surface area contributed by atoms with E-state index in [1.165, 1.54) is 6.92 Å². The maximum atomic E-state index is 11.8. The first-order valence-corrected chi connectivity index (χ1v) is 8.16. The molecule has 7 heteroatoms. The molecule has 0 bridgehead atoms. The van der Waals surface area contributed by atoms with E-state index in [0.717, 1.165) is 28.2 Å². The molecule has 0 spiro atoms. The lowest BCUT2D eigenvalue weighted by molar-refractivity contribution is -0.141. The molecule has 1 amide bonds. The van der Waals surface area contributed by atoms with Gasteiger partial charge in [0.2, 0.25) is 5.91 Å². The van der Waals surface area contributed by atoms with Crippen LogP contribution in [0.4, 0.5) is 0 Å². The van der Waals surface area contributed by atoms with Crippen molar-refractivity contribution in [1.82, 2.24) is 10.3 Å². The van der Waals surface area contributed by atoms with Crippen LogP contribution in [0.25, 0.3) is 10.9 Å². The van der Waals surface area contributed by atoms with Crippen molar-refractivity contribution in [2.45, 2.75) is 25.8 Å². The first-order chi connectivity index (χ1) is 11.0. The molecular weight excluding hydrogens is 316 g/mol. The topological polar surface area (TPSA) is 99.3 Å². The van der Waals surface area contributed by atoms with Gasteiger partial charge >= 0.3 is 5.97 Å². The van der Waals surface area contributed by atoms with Crippen LogP contribution in [0.2, 0.25) is 0 Å². The van der Waals surface area contributed by atoms with Gasteiger partial charge in [0.15, 0.2) is 5.12 Å². The summed E-state index contributed by atoms with van der Waals surface area (Å²) in [6, 6.07) is 6.60. The number of amides is 1. The smallest absolute Gasteiger partial charge is 0.326 e. The first-order valence-electron chi connectivity index (χ1n) is 7.18. The molecule has 1 heterocycles. The van der Waals surface area contributed by atoms with Crippen molar-refractivity contribution in [3.8, 4) is 0 Å². The van der Waals surface area contributed by atoms with E-state index in [1.54, 1.807) is 6.20 Å². The number of carbonyl (C=O) groups excluding carboxylic acids is 2. The van der Waals surface area contributed by atoms with E-state index < -0.39 is 12.0 Å². The number of carboxylic acid groups (broad SMARTS) is 1. The van der Waals surface area contributed by atoms with Crippen LogP contribution in [-0.4, -0.2) is 38.9 Å². The number of hydrogen-bond acceptors (Lipinski definition) is 4. The molecular formula is C16H18N2O4S. The number of carbonyl (C=O) groups is 3. The summed E-state index contributed by atoms with van der Waals surface area (Å²) in [5, 5.41) is 12.7. The molecule has 0 aliphatic rings. The predicted molar refractivity (Wildman–Crippen MR) is 89.3 cm³/mol. The number of hydrogen-bond donors (Lipinski definition) is 3. The number of carboxylic acids is 1. The van der Waals surface area contributed by atoms with Crippen LogP contribution in [0.1, 0.15) is 18.9 Å². The van der Waals surface area contributed by atoms with Gasteiger partial charge in [-0.25, -0.2) is 4.79 Å². The lowest BCUT2D eigenvalue weighted by Gasteiger charge is -2.14. The molecule has 122 valence electrons. The van der Waals surface area contributed by atoms with Gasteiger partial charge in [0, 0.05) is 42.6 Å². The molecule has 1 atom stereocenters. The molecule has 1 unspecified atom stereocenters. The second-order valence-electron chi connectivity index (χ2n) is 5.11. The lowest BCUT2D eigenvalue weighted by atomic mass is 10.0. The molecule has 0 aliphatic carbocycles. The fourth-order valence-electron chi connectivity index (χ4n) is 2.27. The van der Waals surface area contributed by atoms with Crippen molar-refractivity contribution in [1.29, 1.82) is 0 Å². The van der Waals surface area contributed by atoms with Gasteiger partial charge in [0.1, 0.15) is 6.04 Å².